The molecule has 3 unspecified atom stereocenters. The van der Waals surface area contributed by atoms with Crippen molar-refractivity contribution in [1.29, 1.82) is 0 Å². The van der Waals surface area contributed by atoms with Gasteiger partial charge in [-0.3, -0.25) is 0 Å². The lowest BCUT2D eigenvalue weighted by Crippen LogP contribution is -2.29. The molecule has 1 aliphatic carbocycles. The van der Waals surface area contributed by atoms with Crippen molar-refractivity contribution in [2.45, 2.75) is 39.2 Å². The van der Waals surface area contributed by atoms with Crippen LogP contribution in [0.2, 0.25) is 0 Å². The van der Waals surface area contributed by atoms with Crippen molar-refractivity contribution in [3.05, 3.63) is 18.2 Å². The number of ether oxygens (including phenoxy) is 2. The Kier molecular flexibility index (Phi) is 4.00. The average molecular weight is 249 g/mol. The maximum absolute atomic E-state index is 6.04. The predicted octanol–water partition coefficient (Wildman–Crippen LogP) is 3.48. The number of rotatable bonds is 3. The number of hydrogen-bond donors (Lipinski definition) is 1. The molecule has 1 saturated carbocycles. The lowest BCUT2D eigenvalue weighted by atomic mass is 9.80. The summed E-state index contributed by atoms with van der Waals surface area (Å²) in [6.45, 7) is 4.62. The van der Waals surface area contributed by atoms with Gasteiger partial charge in [-0.1, -0.05) is 19.9 Å². The van der Waals surface area contributed by atoms with E-state index in [4.69, 9.17) is 15.2 Å². The van der Waals surface area contributed by atoms with Gasteiger partial charge in [0.15, 0.2) is 0 Å². The molecule has 1 fully saturated rings. The topological polar surface area (TPSA) is 44.5 Å². The summed E-state index contributed by atoms with van der Waals surface area (Å²) in [6.07, 6.45) is 3.74. The first kappa shape index (κ1) is 13.1. The minimum Gasteiger partial charge on any atom is -0.494 e. The molecule has 2 rings (SSSR count). The summed E-state index contributed by atoms with van der Waals surface area (Å²) in [5.41, 5.74) is 6.63. The number of benzene rings is 1. The number of nitrogen functional groups attached to an aromatic ring is 1. The van der Waals surface area contributed by atoms with Crippen LogP contribution in [0, 0.1) is 11.8 Å². The Balaban J connectivity index is 2.06. The fraction of sp³-hybridized carbons (Fsp3) is 0.600. The first-order valence-electron chi connectivity index (χ1n) is 6.71. The van der Waals surface area contributed by atoms with Crippen molar-refractivity contribution >= 4 is 5.69 Å². The van der Waals surface area contributed by atoms with Gasteiger partial charge in [0, 0.05) is 0 Å². The normalized spacial score (nSPS) is 27.8. The van der Waals surface area contributed by atoms with Gasteiger partial charge in [0.1, 0.15) is 17.2 Å². The first-order chi connectivity index (χ1) is 8.61. The lowest BCUT2D eigenvalue weighted by molar-refractivity contribution is 0.101. The van der Waals surface area contributed by atoms with Crippen molar-refractivity contribution in [3.63, 3.8) is 0 Å². The van der Waals surface area contributed by atoms with E-state index in [9.17, 15) is 0 Å². The molecule has 1 aromatic carbocycles. The Labute approximate surface area is 109 Å². The van der Waals surface area contributed by atoms with Crippen LogP contribution in [0.25, 0.3) is 0 Å². The van der Waals surface area contributed by atoms with E-state index in [1.807, 2.05) is 18.2 Å². The minimum atomic E-state index is 0.283. The summed E-state index contributed by atoms with van der Waals surface area (Å²) in [5.74, 6) is 2.95. The Morgan fingerprint density at radius 2 is 1.83 bits per heavy atom. The zero-order chi connectivity index (χ0) is 13.1. The standard InChI is InChI=1S/C15H23NO2/c1-10-7-8-12(9-11(10)2)18-14-6-4-5-13(17-3)15(14)16/h4-6,10-12H,7-9,16H2,1-3H3. The number of methoxy groups -OCH3 is 1. The van der Waals surface area contributed by atoms with Crippen LogP contribution in [-0.4, -0.2) is 13.2 Å². The molecule has 1 aromatic rings. The highest BCUT2D eigenvalue weighted by Crippen LogP contribution is 2.36. The van der Waals surface area contributed by atoms with Crippen LogP contribution in [0.4, 0.5) is 5.69 Å². The molecule has 0 bridgehead atoms. The predicted molar refractivity (Wildman–Crippen MR) is 74.0 cm³/mol. The van der Waals surface area contributed by atoms with Gasteiger partial charge in [-0.25, -0.2) is 0 Å². The quantitative estimate of drug-likeness (QED) is 0.834. The maximum atomic E-state index is 6.04. The van der Waals surface area contributed by atoms with E-state index in [0.29, 0.717) is 11.4 Å². The second kappa shape index (κ2) is 5.51. The molecule has 0 aliphatic heterocycles. The van der Waals surface area contributed by atoms with Crippen LogP contribution in [0.15, 0.2) is 18.2 Å². The molecule has 0 radical (unpaired) electrons. The van der Waals surface area contributed by atoms with E-state index in [2.05, 4.69) is 13.8 Å². The molecule has 1 aliphatic rings. The summed E-state index contributed by atoms with van der Waals surface area (Å²) in [6, 6.07) is 5.69. The summed E-state index contributed by atoms with van der Waals surface area (Å²) in [4.78, 5) is 0. The Morgan fingerprint density at radius 1 is 1.11 bits per heavy atom. The molecule has 18 heavy (non-hydrogen) atoms. The van der Waals surface area contributed by atoms with Crippen molar-refractivity contribution in [1.82, 2.24) is 0 Å². The molecule has 2 N–H and O–H groups in total. The molecule has 0 spiro atoms. The summed E-state index contributed by atoms with van der Waals surface area (Å²) < 4.78 is 11.3. The molecule has 0 saturated heterocycles. The second-order valence-corrected chi connectivity index (χ2v) is 5.38. The van der Waals surface area contributed by atoms with Crippen molar-refractivity contribution in [2.75, 3.05) is 12.8 Å². The van der Waals surface area contributed by atoms with Gasteiger partial charge in [-0.2, -0.15) is 0 Å². The molecule has 3 nitrogen and oxygen atoms in total. The Morgan fingerprint density at radius 3 is 2.50 bits per heavy atom. The minimum absolute atomic E-state index is 0.283. The summed E-state index contributed by atoms with van der Waals surface area (Å²) in [5, 5.41) is 0. The Bertz CT molecular complexity index is 405. The highest BCUT2D eigenvalue weighted by molar-refractivity contribution is 5.62. The van der Waals surface area contributed by atoms with E-state index < -0.39 is 0 Å². The third-order valence-corrected chi connectivity index (χ3v) is 4.09. The number of hydrogen-bond acceptors (Lipinski definition) is 3. The molecule has 3 atom stereocenters. The number of anilines is 1. The van der Waals surface area contributed by atoms with Gasteiger partial charge in [0.05, 0.1) is 13.2 Å². The smallest absolute Gasteiger partial charge is 0.146 e. The van der Waals surface area contributed by atoms with Gasteiger partial charge in [-0.05, 0) is 43.2 Å². The zero-order valence-electron chi connectivity index (χ0n) is 11.5. The van der Waals surface area contributed by atoms with Gasteiger partial charge < -0.3 is 15.2 Å². The molecule has 0 heterocycles. The van der Waals surface area contributed by atoms with Crippen molar-refractivity contribution in [3.8, 4) is 11.5 Å². The zero-order valence-corrected chi connectivity index (χ0v) is 11.5. The van der Waals surface area contributed by atoms with Gasteiger partial charge in [0.2, 0.25) is 0 Å². The van der Waals surface area contributed by atoms with Crippen molar-refractivity contribution in [2.24, 2.45) is 11.8 Å². The van der Waals surface area contributed by atoms with E-state index in [1.54, 1.807) is 7.11 Å². The number of nitrogens with two attached hydrogens (primary N) is 1. The molecule has 0 aromatic heterocycles. The molecule has 100 valence electrons. The fourth-order valence-electron chi connectivity index (χ4n) is 2.59. The molecular formula is C15H23NO2. The summed E-state index contributed by atoms with van der Waals surface area (Å²) in [7, 11) is 1.62. The van der Waals surface area contributed by atoms with Crippen LogP contribution in [0.5, 0.6) is 11.5 Å². The van der Waals surface area contributed by atoms with Crippen LogP contribution in [-0.2, 0) is 0 Å². The van der Waals surface area contributed by atoms with E-state index in [1.165, 1.54) is 6.42 Å². The largest absolute Gasteiger partial charge is 0.494 e. The fourth-order valence-corrected chi connectivity index (χ4v) is 2.59. The lowest BCUT2D eigenvalue weighted by Gasteiger charge is -2.32. The third kappa shape index (κ3) is 2.71. The average Bonchev–Trinajstić information content (AvgIpc) is 2.36. The molecule has 0 amide bonds. The van der Waals surface area contributed by atoms with Crippen LogP contribution in [0.3, 0.4) is 0 Å². The van der Waals surface area contributed by atoms with Crippen LogP contribution >= 0.6 is 0 Å². The van der Waals surface area contributed by atoms with Gasteiger partial charge >= 0.3 is 0 Å². The number of para-hydroxylation sites is 1. The first-order valence-corrected chi connectivity index (χ1v) is 6.71. The summed E-state index contributed by atoms with van der Waals surface area (Å²) >= 11 is 0. The molecule has 3 heteroatoms. The second-order valence-electron chi connectivity index (χ2n) is 5.38. The molecular weight excluding hydrogens is 226 g/mol. The Hall–Kier alpha value is -1.38. The van der Waals surface area contributed by atoms with E-state index in [-0.39, 0.29) is 6.10 Å². The monoisotopic (exact) mass is 249 g/mol. The third-order valence-electron chi connectivity index (χ3n) is 4.09. The van der Waals surface area contributed by atoms with Crippen LogP contribution < -0.4 is 15.2 Å². The van der Waals surface area contributed by atoms with Gasteiger partial charge in [0.25, 0.3) is 0 Å². The maximum Gasteiger partial charge on any atom is 0.146 e. The van der Waals surface area contributed by atoms with Crippen LogP contribution in [0.1, 0.15) is 33.1 Å². The highest BCUT2D eigenvalue weighted by Gasteiger charge is 2.26. The van der Waals surface area contributed by atoms with E-state index in [0.717, 1.165) is 30.4 Å². The van der Waals surface area contributed by atoms with Gasteiger partial charge in [-0.15, -0.1) is 0 Å². The van der Waals surface area contributed by atoms with E-state index >= 15 is 0 Å². The van der Waals surface area contributed by atoms with Crippen molar-refractivity contribution < 1.29 is 9.47 Å². The SMILES string of the molecule is COc1cccc(OC2CCC(C)C(C)C2)c1N. The highest BCUT2D eigenvalue weighted by atomic mass is 16.5.